The second kappa shape index (κ2) is 5.43. The summed E-state index contributed by atoms with van der Waals surface area (Å²) in [4.78, 5) is 14.5. The van der Waals surface area contributed by atoms with Gasteiger partial charge in [-0.1, -0.05) is 30.3 Å². The Balaban J connectivity index is 1.58. The zero-order valence-electron chi connectivity index (χ0n) is 11.2. The molecule has 2 saturated heterocycles. The second-order valence-corrected chi connectivity index (χ2v) is 5.88. The van der Waals surface area contributed by atoms with Crippen molar-refractivity contribution < 1.29 is 9.90 Å². The number of carbonyl (C=O) groups excluding carboxylic acids is 1. The van der Waals surface area contributed by atoms with E-state index < -0.39 is 0 Å². The lowest BCUT2D eigenvalue weighted by atomic mass is 9.99. The summed E-state index contributed by atoms with van der Waals surface area (Å²) < 4.78 is 0. The largest absolute Gasteiger partial charge is 0.393 e. The Morgan fingerprint density at radius 1 is 1.16 bits per heavy atom. The number of rotatable bonds is 4. The van der Waals surface area contributed by atoms with Gasteiger partial charge in [-0.15, -0.1) is 0 Å². The molecule has 0 saturated carbocycles. The van der Waals surface area contributed by atoms with Crippen LogP contribution in [0.25, 0.3) is 0 Å². The fourth-order valence-electron chi connectivity index (χ4n) is 3.59. The van der Waals surface area contributed by atoms with Crippen LogP contribution in [-0.4, -0.2) is 40.5 Å². The number of hydrogen-bond acceptors (Lipinski definition) is 3. The molecule has 0 aromatic heterocycles. The summed E-state index contributed by atoms with van der Waals surface area (Å²) >= 11 is 0. The molecule has 3 nitrogen and oxygen atoms in total. The van der Waals surface area contributed by atoms with Crippen LogP contribution in [0.4, 0.5) is 0 Å². The molecule has 0 amide bonds. The van der Waals surface area contributed by atoms with Crippen LogP contribution in [-0.2, 0) is 11.2 Å². The maximum Gasteiger partial charge on any atom is 0.151 e. The van der Waals surface area contributed by atoms with Crippen molar-refractivity contribution in [1.82, 2.24) is 4.90 Å². The van der Waals surface area contributed by atoms with Gasteiger partial charge in [0.2, 0.25) is 0 Å². The first-order chi connectivity index (χ1) is 9.22. The molecule has 3 rings (SSSR count). The lowest BCUT2D eigenvalue weighted by Crippen LogP contribution is -2.47. The smallest absolute Gasteiger partial charge is 0.151 e. The summed E-state index contributed by atoms with van der Waals surface area (Å²) in [5.74, 6) is 0.291. The van der Waals surface area contributed by atoms with Gasteiger partial charge in [-0.2, -0.15) is 0 Å². The summed E-state index contributed by atoms with van der Waals surface area (Å²) in [6, 6.07) is 10.8. The van der Waals surface area contributed by atoms with Crippen LogP contribution in [0, 0.1) is 0 Å². The van der Waals surface area contributed by atoms with Crippen LogP contribution in [0.15, 0.2) is 30.3 Å². The third-order valence-electron chi connectivity index (χ3n) is 4.46. The van der Waals surface area contributed by atoms with Gasteiger partial charge in [-0.25, -0.2) is 0 Å². The van der Waals surface area contributed by atoms with E-state index in [1.807, 2.05) is 30.3 Å². The molecule has 2 unspecified atom stereocenters. The third kappa shape index (κ3) is 2.88. The molecule has 102 valence electrons. The monoisotopic (exact) mass is 259 g/mol. The van der Waals surface area contributed by atoms with E-state index in [1.165, 1.54) is 0 Å². The normalized spacial score (nSPS) is 30.5. The van der Waals surface area contributed by atoms with E-state index in [0.29, 0.717) is 30.8 Å². The molecule has 0 radical (unpaired) electrons. The number of fused-ring (bicyclic) bond motifs is 2. The summed E-state index contributed by atoms with van der Waals surface area (Å²) in [5, 5.41) is 9.77. The predicted octanol–water partition coefficient (Wildman–Crippen LogP) is 1.79. The molecule has 3 heteroatoms. The van der Waals surface area contributed by atoms with Crippen LogP contribution < -0.4 is 0 Å². The quantitative estimate of drug-likeness (QED) is 0.896. The third-order valence-corrected chi connectivity index (χ3v) is 4.46. The lowest BCUT2D eigenvalue weighted by Gasteiger charge is -2.36. The molecule has 2 heterocycles. The first-order valence-electron chi connectivity index (χ1n) is 7.22. The highest BCUT2D eigenvalue weighted by atomic mass is 16.3. The highest BCUT2D eigenvalue weighted by molar-refractivity contribution is 5.82. The van der Waals surface area contributed by atoms with E-state index in [9.17, 15) is 9.90 Å². The van der Waals surface area contributed by atoms with Crippen molar-refractivity contribution >= 4 is 5.78 Å². The molecular weight excluding hydrogens is 238 g/mol. The van der Waals surface area contributed by atoms with Crippen molar-refractivity contribution in [2.75, 3.05) is 6.54 Å². The van der Waals surface area contributed by atoms with Crippen LogP contribution >= 0.6 is 0 Å². The van der Waals surface area contributed by atoms with Gasteiger partial charge in [0.05, 0.1) is 12.6 Å². The minimum atomic E-state index is -0.155. The van der Waals surface area contributed by atoms with E-state index in [2.05, 4.69) is 4.90 Å². The molecular formula is C16H21NO2. The molecule has 2 aliphatic heterocycles. The zero-order chi connectivity index (χ0) is 13.2. The van der Waals surface area contributed by atoms with E-state index in [1.54, 1.807) is 0 Å². The number of piperidine rings is 1. The average Bonchev–Trinajstić information content (AvgIpc) is 2.63. The fourth-order valence-corrected chi connectivity index (χ4v) is 3.59. The summed E-state index contributed by atoms with van der Waals surface area (Å²) in [6.07, 6.45) is 4.34. The van der Waals surface area contributed by atoms with E-state index in [-0.39, 0.29) is 6.10 Å². The van der Waals surface area contributed by atoms with Crippen molar-refractivity contribution in [3.8, 4) is 0 Å². The summed E-state index contributed by atoms with van der Waals surface area (Å²) in [5.41, 5.74) is 1.09. The van der Waals surface area contributed by atoms with E-state index in [4.69, 9.17) is 0 Å². The van der Waals surface area contributed by atoms with Crippen molar-refractivity contribution in [3.63, 3.8) is 0 Å². The minimum absolute atomic E-state index is 0.155. The van der Waals surface area contributed by atoms with Crippen LogP contribution in [0.1, 0.15) is 31.2 Å². The van der Waals surface area contributed by atoms with Gasteiger partial charge in [0, 0.05) is 18.5 Å². The SMILES string of the molecule is O=C(Cc1ccccc1)CN1C2CCC1CC(O)C2. The van der Waals surface area contributed by atoms with Crippen LogP contribution in [0.2, 0.25) is 0 Å². The number of nitrogens with zero attached hydrogens (tertiary/aromatic N) is 1. The standard InChI is InChI=1S/C16H21NO2/c18-15-9-13-6-7-14(10-15)17(13)11-16(19)8-12-4-2-1-3-5-12/h1-5,13-15,18H,6-11H2. The molecule has 1 aromatic rings. The minimum Gasteiger partial charge on any atom is -0.393 e. The van der Waals surface area contributed by atoms with Crippen LogP contribution in [0.5, 0.6) is 0 Å². The fraction of sp³-hybridized carbons (Fsp3) is 0.562. The highest BCUT2D eigenvalue weighted by Gasteiger charge is 2.40. The molecule has 1 N–H and O–H groups in total. The van der Waals surface area contributed by atoms with Crippen molar-refractivity contribution in [1.29, 1.82) is 0 Å². The Morgan fingerprint density at radius 3 is 2.42 bits per heavy atom. The number of aliphatic hydroxyl groups is 1. The number of Topliss-reactive ketones (excluding diaryl/α,β-unsaturated/α-hetero) is 1. The molecule has 19 heavy (non-hydrogen) atoms. The Bertz CT molecular complexity index is 431. The molecule has 0 aliphatic carbocycles. The maximum absolute atomic E-state index is 12.2. The number of aliphatic hydroxyl groups excluding tert-OH is 1. The van der Waals surface area contributed by atoms with Gasteiger partial charge in [0.15, 0.2) is 5.78 Å². The molecule has 1 aromatic carbocycles. The highest BCUT2D eigenvalue weighted by Crippen LogP contribution is 2.35. The molecule has 0 spiro atoms. The Kier molecular flexibility index (Phi) is 3.67. The van der Waals surface area contributed by atoms with E-state index >= 15 is 0 Å². The van der Waals surface area contributed by atoms with Gasteiger partial charge >= 0.3 is 0 Å². The van der Waals surface area contributed by atoms with E-state index in [0.717, 1.165) is 31.2 Å². The topological polar surface area (TPSA) is 40.5 Å². The Labute approximate surface area is 114 Å². The molecule has 2 atom stereocenters. The first kappa shape index (κ1) is 12.8. The predicted molar refractivity (Wildman–Crippen MR) is 73.9 cm³/mol. The van der Waals surface area contributed by atoms with Gasteiger partial charge in [-0.05, 0) is 31.2 Å². The maximum atomic E-state index is 12.2. The second-order valence-electron chi connectivity index (χ2n) is 5.88. The van der Waals surface area contributed by atoms with Crippen LogP contribution in [0.3, 0.4) is 0 Å². The Hall–Kier alpha value is -1.19. The summed E-state index contributed by atoms with van der Waals surface area (Å²) in [7, 11) is 0. The molecule has 2 bridgehead atoms. The van der Waals surface area contributed by atoms with Gasteiger partial charge < -0.3 is 5.11 Å². The van der Waals surface area contributed by atoms with Gasteiger partial charge in [0.1, 0.15) is 0 Å². The molecule has 2 aliphatic rings. The van der Waals surface area contributed by atoms with Gasteiger partial charge in [0.25, 0.3) is 0 Å². The number of benzene rings is 1. The van der Waals surface area contributed by atoms with Crippen molar-refractivity contribution in [2.45, 2.75) is 50.3 Å². The first-order valence-corrected chi connectivity index (χ1v) is 7.22. The average molecular weight is 259 g/mol. The van der Waals surface area contributed by atoms with Crippen molar-refractivity contribution in [3.05, 3.63) is 35.9 Å². The number of ketones is 1. The summed E-state index contributed by atoms with van der Waals surface area (Å²) in [6.45, 7) is 0.553. The number of carbonyl (C=O) groups is 1. The van der Waals surface area contributed by atoms with Crippen molar-refractivity contribution in [2.24, 2.45) is 0 Å². The molecule has 2 fully saturated rings. The zero-order valence-corrected chi connectivity index (χ0v) is 11.2. The Morgan fingerprint density at radius 2 is 1.79 bits per heavy atom. The number of hydrogen-bond donors (Lipinski definition) is 1. The lowest BCUT2D eigenvalue weighted by molar-refractivity contribution is -0.121. The van der Waals surface area contributed by atoms with Gasteiger partial charge in [-0.3, -0.25) is 9.69 Å².